The van der Waals surface area contributed by atoms with Crippen molar-refractivity contribution >= 4 is 0 Å². The summed E-state index contributed by atoms with van der Waals surface area (Å²) in [5.41, 5.74) is 0. The molecule has 0 amide bonds. The topological polar surface area (TPSA) is 60.7 Å². The third kappa shape index (κ3) is 18.5. The molecule has 0 aliphatic heterocycles. The van der Waals surface area contributed by atoms with Crippen molar-refractivity contribution in [2.75, 3.05) is 0 Å². The molecule has 3 heteroatoms. The van der Waals surface area contributed by atoms with Gasteiger partial charge in [0, 0.05) is 0 Å². The van der Waals surface area contributed by atoms with Gasteiger partial charge in [-0.2, -0.15) is 0 Å². The fourth-order valence-corrected chi connectivity index (χ4v) is 3.24. The van der Waals surface area contributed by atoms with Crippen molar-refractivity contribution in [3.8, 4) is 0 Å². The van der Waals surface area contributed by atoms with Gasteiger partial charge in [0.25, 0.3) is 0 Å². The second-order valence-electron chi connectivity index (χ2n) is 7.88. The Morgan fingerprint density at radius 2 is 0.640 bits per heavy atom. The van der Waals surface area contributed by atoms with E-state index in [0.717, 1.165) is 38.5 Å². The lowest BCUT2D eigenvalue weighted by Crippen LogP contribution is -2.09. The molecule has 0 aromatic heterocycles. The molecule has 0 radical (unpaired) electrons. The Morgan fingerprint density at radius 1 is 0.440 bits per heavy atom. The molecule has 0 aromatic carbocycles. The number of rotatable bonds is 1. The fourth-order valence-electron chi connectivity index (χ4n) is 3.24. The molecule has 3 aliphatic carbocycles. The molecule has 3 nitrogen and oxygen atoms in total. The molecular weight excluding hydrogens is 312 g/mol. The Kier molecular flexibility index (Phi) is 18.6. The van der Waals surface area contributed by atoms with Gasteiger partial charge in [-0.15, -0.1) is 0 Å². The summed E-state index contributed by atoms with van der Waals surface area (Å²) in [5.74, 6) is 0. The number of hydrogen-bond donors (Lipinski definition) is 3. The number of hydrogen-bond acceptors (Lipinski definition) is 3. The normalized spacial score (nSPS) is 22.4. The van der Waals surface area contributed by atoms with Crippen molar-refractivity contribution in [3.05, 3.63) is 0 Å². The van der Waals surface area contributed by atoms with E-state index in [-0.39, 0.29) is 18.3 Å². The van der Waals surface area contributed by atoms with Gasteiger partial charge in [-0.1, -0.05) is 84.5 Å². The van der Waals surface area contributed by atoms with Gasteiger partial charge < -0.3 is 15.3 Å². The molecule has 152 valence electrons. The number of unbranched alkanes of at least 4 members (excludes halogenated alkanes) is 1. The van der Waals surface area contributed by atoms with E-state index < -0.39 is 0 Å². The van der Waals surface area contributed by atoms with Gasteiger partial charge in [0.1, 0.15) is 0 Å². The molecule has 0 atom stereocenters. The first-order chi connectivity index (χ1) is 12.1. The molecule has 0 heterocycles. The van der Waals surface area contributed by atoms with E-state index in [1.54, 1.807) is 0 Å². The molecule has 3 saturated carbocycles. The van der Waals surface area contributed by atoms with Crippen LogP contribution < -0.4 is 0 Å². The molecule has 3 aliphatic rings. The molecule has 3 rings (SSSR count). The van der Waals surface area contributed by atoms with E-state index in [1.165, 1.54) is 70.6 Å². The highest BCUT2D eigenvalue weighted by molar-refractivity contribution is 4.62. The van der Waals surface area contributed by atoms with E-state index in [1.807, 2.05) is 0 Å². The molecule has 25 heavy (non-hydrogen) atoms. The van der Waals surface area contributed by atoms with Gasteiger partial charge in [-0.3, -0.25) is 0 Å². The Morgan fingerprint density at radius 3 is 0.720 bits per heavy atom. The highest BCUT2D eigenvalue weighted by Crippen LogP contribution is 2.17. The predicted molar refractivity (Wildman–Crippen MR) is 108 cm³/mol. The van der Waals surface area contributed by atoms with Crippen LogP contribution in [-0.2, 0) is 0 Å². The van der Waals surface area contributed by atoms with Crippen molar-refractivity contribution in [2.24, 2.45) is 0 Å². The van der Waals surface area contributed by atoms with Crippen LogP contribution in [0.5, 0.6) is 0 Å². The first-order valence-electron chi connectivity index (χ1n) is 11.1. The molecule has 0 unspecified atom stereocenters. The first-order valence-corrected chi connectivity index (χ1v) is 11.1. The zero-order valence-corrected chi connectivity index (χ0v) is 17.1. The maximum absolute atomic E-state index is 8.91. The van der Waals surface area contributed by atoms with Gasteiger partial charge in [0.05, 0.1) is 18.3 Å². The van der Waals surface area contributed by atoms with Crippen molar-refractivity contribution in [1.29, 1.82) is 0 Å². The van der Waals surface area contributed by atoms with Gasteiger partial charge in [-0.05, 0) is 38.5 Å². The highest BCUT2D eigenvalue weighted by atomic mass is 16.3. The molecule has 0 saturated heterocycles. The fraction of sp³-hybridized carbons (Fsp3) is 1.00. The van der Waals surface area contributed by atoms with Gasteiger partial charge >= 0.3 is 0 Å². The summed E-state index contributed by atoms with van der Waals surface area (Å²) in [6.07, 6.45) is 20.4. The van der Waals surface area contributed by atoms with Crippen molar-refractivity contribution in [2.45, 2.75) is 141 Å². The van der Waals surface area contributed by atoms with Crippen LogP contribution in [0, 0.1) is 0 Å². The molecule has 3 fully saturated rings. The quantitative estimate of drug-likeness (QED) is 0.560. The highest BCUT2D eigenvalue weighted by Gasteiger charge is 2.08. The maximum Gasteiger partial charge on any atom is 0.0540 e. The monoisotopic (exact) mass is 358 g/mol. The van der Waals surface area contributed by atoms with Crippen LogP contribution >= 0.6 is 0 Å². The van der Waals surface area contributed by atoms with Crippen molar-refractivity contribution in [3.63, 3.8) is 0 Å². The minimum absolute atomic E-state index is 0.0359. The molecule has 0 bridgehead atoms. The first kappa shape index (κ1) is 24.9. The summed E-state index contributed by atoms with van der Waals surface area (Å²) in [7, 11) is 0. The number of aliphatic hydroxyl groups excluding tert-OH is 3. The van der Waals surface area contributed by atoms with E-state index in [9.17, 15) is 0 Å². The van der Waals surface area contributed by atoms with E-state index in [0.29, 0.717) is 0 Å². The minimum atomic E-state index is 0.0359. The van der Waals surface area contributed by atoms with Crippen LogP contribution in [0.25, 0.3) is 0 Å². The second-order valence-corrected chi connectivity index (χ2v) is 7.88. The van der Waals surface area contributed by atoms with Gasteiger partial charge in [-0.25, -0.2) is 0 Å². The molecule has 3 N–H and O–H groups in total. The number of aliphatic hydroxyl groups is 3. The Bertz CT molecular complexity index is 200. The average molecular weight is 359 g/mol. The lowest BCUT2D eigenvalue weighted by Gasteiger charge is -2.14. The van der Waals surface area contributed by atoms with E-state index >= 15 is 0 Å². The summed E-state index contributed by atoms with van der Waals surface area (Å²) in [5, 5.41) is 26.7. The lowest BCUT2D eigenvalue weighted by atomic mass is 9.98. The van der Waals surface area contributed by atoms with Crippen LogP contribution in [0.3, 0.4) is 0 Å². The van der Waals surface area contributed by atoms with Gasteiger partial charge in [0.15, 0.2) is 0 Å². The third-order valence-corrected chi connectivity index (χ3v) is 5.22. The Balaban J connectivity index is 0.000000314. The maximum atomic E-state index is 8.91. The van der Waals surface area contributed by atoms with Crippen LogP contribution in [0.4, 0.5) is 0 Å². The zero-order valence-electron chi connectivity index (χ0n) is 17.1. The molecular formula is C22H46O3. The second kappa shape index (κ2) is 18.7. The van der Waals surface area contributed by atoms with E-state index in [2.05, 4.69) is 13.8 Å². The van der Waals surface area contributed by atoms with Crippen LogP contribution in [-0.4, -0.2) is 33.6 Å². The molecule has 0 aromatic rings. The largest absolute Gasteiger partial charge is 0.393 e. The SMILES string of the molecule is CCCC.OC1CCCCC1.OC1CCCCC1.OC1CCCCC1. The molecule has 0 spiro atoms. The minimum Gasteiger partial charge on any atom is -0.393 e. The van der Waals surface area contributed by atoms with Crippen LogP contribution in [0.15, 0.2) is 0 Å². The summed E-state index contributed by atoms with van der Waals surface area (Å²) < 4.78 is 0. The summed E-state index contributed by atoms with van der Waals surface area (Å²) >= 11 is 0. The van der Waals surface area contributed by atoms with Gasteiger partial charge in [0.2, 0.25) is 0 Å². The standard InChI is InChI=1S/3C6H12O.C4H10/c3*7-6-4-2-1-3-5-6;1-3-4-2/h3*6-7H,1-5H2;3-4H2,1-2H3. The summed E-state index contributed by atoms with van der Waals surface area (Å²) in [6, 6.07) is 0. The summed E-state index contributed by atoms with van der Waals surface area (Å²) in [4.78, 5) is 0. The third-order valence-electron chi connectivity index (χ3n) is 5.22. The average Bonchev–Trinajstić information content (AvgIpc) is 2.65. The van der Waals surface area contributed by atoms with Crippen LogP contribution in [0.2, 0.25) is 0 Å². The zero-order chi connectivity index (χ0) is 18.8. The van der Waals surface area contributed by atoms with Crippen molar-refractivity contribution < 1.29 is 15.3 Å². The van der Waals surface area contributed by atoms with Crippen LogP contribution in [0.1, 0.15) is 123 Å². The smallest absolute Gasteiger partial charge is 0.0540 e. The summed E-state index contributed by atoms with van der Waals surface area (Å²) in [6.45, 7) is 4.36. The van der Waals surface area contributed by atoms with E-state index in [4.69, 9.17) is 15.3 Å². The van der Waals surface area contributed by atoms with Crippen molar-refractivity contribution in [1.82, 2.24) is 0 Å². The Hall–Kier alpha value is -0.120. The lowest BCUT2D eigenvalue weighted by molar-refractivity contribution is 0.130. The Labute approximate surface area is 157 Å². The predicted octanol–water partition coefficient (Wildman–Crippen LogP) is 5.74.